The zero-order chi connectivity index (χ0) is 12.3. The van der Waals surface area contributed by atoms with Crippen LogP contribution in [0.15, 0.2) is 23.6 Å². The smallest absolute Gasteiger partial charge is 0.140 e. The lowest BCUT2D eigenvalue weighted by Crippen LogP contribution is -1.96. The van der Waals surface area contributed by atoms with E-state index < -0.39 is 0 Å². The van der Waals surface area contributed by atoms with E-state index in [-0.39, 0.29) is 11.7 Å². The van der Waals surface area contributed by atoms with Crippen molar-refractivity contribution in [2.24, 2.45) is 0 Å². The van der Waals surface area contributed by atoms with Crippen LogP contribution < -0.4 is 4.74 Å². The van der Waals surface area contributed by atoms with Gasteiger partial charge in [-0.2, -0.15) is 0 Å². The van der Waals surface area contributed by atoms with Gasteiger partial charge in [0.15, 0.2) is 0 Å². The molecule has 1 aromatic heterocycles. The molecule has 2 nitrogen and oxygen atoms in total. The number of rotatable bonds is 4. The molecule has 0 unspecified atom stereocenters. The number of halogens is 2. The van der Waals surface area contributed by atoms with Crippen molar-refractivity contribution >= 4 is 22.9 Å². The molecule has 0 radical (unpaired) electrons. The van der Waals surface area contributed by atoms with Gasteiger partial charge in [-0.1, -0.05) is 0 Å². The maximum atomic E-state index is 13.2. The molecule has 0 bridgehead atoms. The molecule has 0 atom stereocenters. The Labute approximate surface area is 108 Å². The summed E-state index contributed by atoms with van der Waals surface area (Å²) < 4.78 is 18.7. The van der Waals surface area contributed by atoms with Crippen molar-refractivity contribution in [1.82, 2.24) is 4.98 Å². The summed E-state index contributed by atoms with van der Waals surface area (Å²) in [6, 6.07) is 4.47. The van der Waals surface area contributed by atoms with E-state index in [1.165, 1.54) is 23.5 Å². The monoisotopic (exact) mass is 271 g/mol. The van der Waals surface area contributed by atoms with Crippen LogP contribution >= 0.6 is 22.9 Å². The Balaban J connectivity index is 2.05. The summed E-state index contributed by atoms with van der Waals surface area (Å²) in [5, 5.41) is 2.83. The van der Waals surface area contributed by atoms with E-state index >= 15 is 0 Å². The van der Waals surface area contributed by atoms with E-state index in [0.29, 0.717) is 17.9 Å². The third-order valence-corrected chi connectivity index (χ3v) is 3.36. The molecule has 90 valence electrons. The maximum absolute atomic E-state index is 13.2. The topological polar surface area (TPSA) is 22.1 Å². The predicted molar refractivity (Wildman–Crippen MR) is 67.1 cm³/mol. The average Bonchev–Trinajstić information content (AvgIpc) is 2.72. The summed E-state index contributed by atoms with van der Waals surface area (Å²) in [5.74, 6) is 0.409. The summed E-state index contributed by atoms with van der Waals surface area (Å²) in [4.78, 5) is 4.26. The van der Waals surface area contributed by atoms with Crippen LogP contribution in [0.25, 0.3) is 0 Å². The zero-order valence-electron chi connectivity index (χ0n) is 9.24. The van der Waals surface area contributed by atoms with Crippen molar-refractivity contribution in [2.45, 2.75) is 19.4 Å². The van der Waals surface area contributed by atoms with Gasteiger partial charge in [-0.05, 0) is 24.6 Å². The highest BCUT2D eigenvalue weighted by Gasteiger charge is 2.03. The molecule has 2 rings (SSSR count). The van der Waals surface area contributed by atoms with Crippen LogP contribution in [0.5, 0.6) is 5.75 Å². The molecule has 0 spiro atoms. The van der Waals surface area contributed by atoms with Crippen molar-refractivity contribution in [3.63, 3.8) is 0 Å². The Bertz CT molecular complexity index is 515. The first-order chi connectivity index (χ1) is 8.17. The van der Waals surface area contributed by atoms with Gasteiger partial charge in [0.25, 0.3) is 0 Å². The fraction of sp³-hybridized carbons (Fsp3) is 0.250. The molecule has 0 aliphatic carbocycles. The first kappa shape index (κ1) is 12.3. The fourth-order valence-corrected chi connectivity index (χ4v) is 2.23. The molecule has 0 fully saturated rings. The molecule has 17 heavy (non-hydrogen) atoms. The lowest BCUT2D eigenvalue weighted by atomic mass is 10.2. The van der Waals surface area contributed by atoms with Crippen molar-refractivity contribution < 1.29 is 9.13 Å². The fourth-order valence-electron chi connectivity index (χ4n) is 1.40. The molecule has 0 N–H and O–H groups in total. The molecule has 0 saturated heterocycles. The quantitative estimate of drug-likeness (QED) is 0.787. The SMILES string of the molecule is Cc1csc(COc2cc(F)cc(CCl)c2)n1. The molecule has 0 aliphatic heterocycles. The van der Waals surface area contributed by atoms with Crippen molar-refractivity contribution in [2.75, 3.05) is 0 Å². The summed E-state index contributed by atoms with van der Waals surface area (Å²) in [7, 11) is 0. The second-order valence-electron chi connectivity index (χ2n) is 3.60. The van der Waals surface area contributed by atoms with Crippen LogP contribution in [-0.4, -0.2) is 4.98 Å². The lowest BCUT2D eigenvalue weighted by Gasteiger charge is -2.05. The molecule has 0 saturated carbocycles. The highest BCUT2D eigenvalue weighted by molar-refractivity contribution is 7.09. The van der Waals surface area contributed by atoms with Gasteiger partial charge in [0.1, 0.15) is 23.2 Å². The Morgan fingerprint density at radius 3 is 2.88 bits per heavy atom. The zero-order valence-corrected chi connectivity index (χ0v) is 10.8. The Hall–Kier alpha value is -1.13. The minimum Gasteiger partial charge on any atom is -0.486 e. The number of nitrogens with zero attached hydrogens (tertiary/aromatic N) is 1. The minimum atomic E-state index is -0.339. The average molecular weight is 272 g/mol. The first-order valence-electron chi connectivity index (χ1n) is 5.06. The Kier molecular flexibility index (Phi) is 3.97. The number of alkyl halides is 1. The standard InChI is InChI=1S/C12H11ClFNOS/c1-8-7-17-12(15-8)6-16-11-3-9(5-13)2-10(14)4-11/h2-4,7H,5-6H2,1H3. The third kappa shape index (κ3) is 3.41. The Morgan fingerprint density at radius 2 is 2.24 bits per heavy atom. The van der Waals surface area contributed by atoms with Gasteiger partial charge in [0, 0.05) is 23.0 Å². The number of benzene rings is 1. The second-order valence-corrected chi connectivity index (χ2v) is 4.81. The number of aromatic nitrogens is 1. The van der Waals surface area contributed by atoms with Crippen molar-refractivity contribution in [3.8, 4) is 5.75 Å². The van der Waals surface area contributed by atoms with Crippen LogP contribution in [0.4, 0.5) is 4.39 Å². The largest absolute Gasteiger partial charge is 0.486 e. The van der Waals surface area contributed by atoms with E-state index in [1.54, 1.807) is 6.07 Å². The van der Waals surface area contributed by atoms with Gasteiger partial charge in [-0.3, -0.25) is 0 Å². The second kappa shape index (κ2) is 5.47. The van der Waals surface area contributed by atoms with Gasteiger partial charge >= 0.3 is 0 Å². The molecule has 0 aliphatic rings. The van der Waals surface area contributed by atoms with E-state index in [4.69, 9.17) is 16.3 Å². The molecular weight excluding hydrogens is 261 g/mol. The molecular formula is C12H11ClFNOS. The van der Waals surface area contributed by atoms with Gasteiger partial charge in [0.05, 0.1) is 0 Å². The summed E-state index contributed by atoms with van der Waals surface area (Å²) in [5.41, 5.74) is 1.67. The van der Waals surface area contributed by atoms with Crippen LogP contribution in [-0.2, 0) is 12.5 Å². The van der Waals surface area contributed by atoms with Crippen LogP contribution in [0.3, 0.4) is 0 Å². The van der Waals surface area contributed by atoms with Crippen LogP contribution in [0.2, 0.25) is 0 Å². The molecule has 1 aromatic carbocycles. The van der Waals surface area contributed by atoms with Gasteiger partial charge in [0.2, 0.25) is 0 Å². The number of aryl methyl sites for hydroxylation is 1. The number of thiazole rings is 1. The number of hydrogen-bond acceptors (Lipinski definition) is 3. The Morgan fingerprint density at radius 1 is 1.41 bits per heavy atom. The highest BCUT2D eigenvalue weighted by Crippen LogP contribution is 2.19. The number of ether oxygens (including phenoxy) is 1. The normalized spacial score (nSPS) is 10.5. The van der Waals surface area contributed by atoms with Gasteiger partial charge < -0.3 is 4.74 Å². The molecule has 2 aromatic rings. The molecule has 1 heterocycles. The van der Waals surface area contributed by atoms with Gasteiger partial charge in [-0.15, -0.1) is 22.9 Å². The summed E-state index contributed by atoms with van der Waals surface area (Å²) >= 11 is 7.19. The lowest BCUT2D eigenvalue weighted by molar-refractivity contribution is 0.303. The van der Waals surface area contributed by atoms with E-state index in [0.717, 1.165) is 10.7 Å². The van der Waals surface area contributed by atoms with Crippen LogP contribution in [0, 0.1) is 12.7 Å². The summed E-state index contributed by atoms with van der Waals surface area (Å²) in [6.07, 6.45) is 0. The van der Waals surface area contributed by atoms with Gasteiger partial charge in [-0.25, -0.2) is 9.37 Å². The molecule has 0 amide bonds. The van der Waals surface area contributed by atoms with E-state index in [9.17, 15) is 4.39 Å². The minimum absolute atomic E-state index is 0.268. The predicted octanol–water partition coefficient (Wildman–Crippen LogP) is 3.91. The van der Waals surface area contributed by atoms with Crippen molar-refractivity contribution in [1.29, 1.82) is 0 Å². The van der Waals surface area contributed by atoms with Crippen molar-refractivity contribution in [3.05, 3.63) is 45.7 Å². The number of hydrogen-bond donors (Lipinski definition) is 0. The van der Waals surface area contributed by atoms with E-state index in [2.05, 4.69) is 4.98 Å². The maximum Gasteiger partial charge on any atom is 0.140 e. The van der Waals surface area contributed by atoms with Crippen LogP contribution in [0.1, 0.15) is 16.3 Å². The highest BCUT2D eigenvalue weighted by atomic mass is 35.5. The summed E-state index contributed by atoms with van der Waals surface area (Å²) in [6.45, 7) is 2.28. The first-order valence-corrected chi connectivity index (χ1v) is 6.48. The third-order valence-electron chi connectivity index (χ3n) is 2.11. The molecule has 5 heteroatoms. The van der Waals surface area contributed by atoms with E-state index in [1.807, 2.05) is 12.3 Å².